The molecule has 0 radical (unpaired) electrons. The van der Waals surface area contributed by atoms with Crippen LogP contribution < -0.4 is 0 Å². The average Bonchev–Trinajstić information content (AvgIpc) is 2.14. The summed E-state index contributed by atoms with van der Waals surface area (Å²) in [4.78, 5) is 0. The number of rotatable bonds is 4. The van der Waals surface area contributed by atoms with Crippen LogP contribution in [0.1, 0.15) is 25.7 Å². The zero-order valence-electron chi connectivity index (χ0n) is 7.47. The molecule has 0 atom stereocenters. The SMILES string of the molecule is ClCCC=CCC1CCOCC1. The lowest BCUT2D eigenvalue weighted by atomic mass is 9.96. The minimum atomic E-state index is 0.740. The van der Waals surface area contributed by atoms with Crippen molar-refractivity contribution in [3.05, 3.63) is 12.2 Å². The highest BCUT2D eigenvalue weighted by atomic mass is 35.5. The van der Waals surface area contributed by atoms with Crippen molar-refractivity contribution in [3.63, 3.8) is 0 Å². The first-order valence-corrected chi connectivity index (χ1v) is 5.25. The Hall–Kier alpha value is -0.0100. The second-order valence-electron chi connectivity index (χ2n) is 3.24. The van der Waals surface area contributed by atoms with Gasteiger partial charge in [-0.1, -0.05) is 12.2 Å². The van der Waals surface area contributed by atoms with Gasteiger partial charge in [0.1, 0.15) is 0 Å². The maximum Gasteiger partial charge on any atom is 0.0468 e. The van der Waals surface area contributed by atoms with Gasteiger partial charge in [0.05, 0.1) is 0 Å². The molecule has 0 saturated carbocycles. The third-order valence-corrected chi connectivity index (χ3v) is 2.47. The van der Waals surface area contributed by atoms with Gasteiger partial charge in [0, 0.05) is 19.1 Å². The van der Waals surface area contributed by atoms with Crippen LogP contribution in [0, 0.1) is 5.92 Å². The lowest BCUT2D eigenvalue weighted by Gasteiger charge is -2.20. The molecule has 1 fully saturated rings. The first-order chi connectivity index (χ1) is 5.93. The maximum atomic E-state index is 5.55. The topological polar surface area (TPSA) is 9.23 Å². The number of alkyl halides is 1. The van der Waals surface area contributed by atoms with Gasteiger partial charge in [0.25, 0.3) is 0 Å². The van der Waals surface area contributed by atoms with Crippen molar-refractivity contribution in [2.75, 3.05) is 19.1 Å². The lowest BCUT2D eigenvalue weighted by molar-refractivity contribution is 0.0672. The minimum Gasteiger partial charge on any atom is -0.381 e. The summed E-state index contributed by atoms with van der Waals surface area (Å²) >= 11 is 5.55. The van der Waals surface area contributed by atoms with Crippen molar-refractivity contribution < 1.29 is 4.74 Å². The Morgan fingerprint density at radius 3 is 2.67 bits per heavy atom. The Balaban J connectivity index is 2.04. The molecule has 0 spiro atoms. The highest BCUT2D eigenvalue weighted by Gasteiger charge is 2.11. The average molecular weight is 189 g/mol. The molecule has 1 aliphatic heterocycles. The molecular formula is C10H17ClO. The summed E-state index contributed by atoms with van der Waals surface area (Å²) in [5.41, 5.74) is 0. The fraction of sp³-hybridized carbons (Fsp3) is 0.800. The number of hydrogen-bond donors (Lipinski definition) is 0. The fourth-order valence-corrected chi connectivity index (χ4v) is 1.58. The van der Waals surface area contributed by atoms with E-state index >= 15 is 0 Å². The van der Waals surface area contributed by atoms with Gasteiger partial charge >= 0.3 is 0 Å². The Morgan fingerprint density at radius 2 is 2.00 bits per heavy atom. The number of ether oxygens (including phenoxy) is 1. The van der Waals surface area contributed by atoms with Gasteiger partial charge in [-0.15, -0.1) is 11.6 Å². The van der Waals surface area contributed by atoms with Crippen molar-refractivity contribution in [2.45, 2.75) is 25.7 Å². The summed E-state index contributed by atoms with van der Waals surface area (Å²) in [5, 5.41) is 0. The summed E-state index contributed by atoms with van der Waals surface area (Å²) in [6.45, 7) is 1.90. The van der Waals surface area contributed by atoms with Crippen molar-refractivity contribution in [1.29, 1.82) is 0 Å². The van der Waals surface area contributed by atoms with E-state index in [1.807, 2.05) is 0 Å². The molecule has 1 rings (SSSR count). The van der Waals surface area contributed by atoms with Crippen molar-refractivity contribution in [3.8, 4) is 0 Å². The third-order valence-electron chi connectivity index (χ3n) is 2.25. The predicted octanol–water partition coefficient (Wildman–Crippen LogP) is 2.99. The first kappa shape index (κ1) is 10.1. The van der Waals surface area contributed by atoms with E-state index in [1.165, 1.54) is 19.3 Å². The highest BCUT2D eigenvalue weighted by molar-refractivity contribution is 6.17. The molecule has 0 aromatic carbocycles. The van der Waals surface area contributed by atoms with E-state index in [2.05, 4.69) is 12.2 Å². The van der Waals surface area contributed by atoms with Crippen LogP contribution in [0.4, 0.5) is 0 Å². The fourth-order valence-electron chi connectivity index (χ4n) is 1.45. The summed E-state index contributed by atoms with van der Waals surface area (Å²) in [6.07, 6.45) is 9.11. The van der Waals surface area contributed by atoms with E-state index in [9.17, 15) is 0 Å². The van der Waals surface area contributed by atoms with Gasteiger partial charge < -0.3 is 4.74 Å². The molecule has 1 heterocycles. The lowest BCUT2D eigenvalue weighted by Crippen LogP contribution is -2.14. The van der Waals surface area contributed by atoms with Gasteiger partial charge in [-0.25, -0.2) is 0 Å². The summed E-state index contributed by atoms with van der Waals surface area (Å²) in [7, 11) is 0. The minimum absolute atomic E-state index is 0.740. The Kier molecular flexibility index (Phi) is 5.46. The number of hydrogen-bond acceptors (Lipinski definition) is 1. The van der Waals surface area contributed by atoms with Crippen LogP contribution in [0.25, 0.3) is 0 Å². The van der Waals surface area contributed by atoms with E-state index in [0.29, 0.717) is 0 Å². The van der Waals surface area contributed by atoms with Gasteiger partial charge in [0.2, 0.25) is 0 Å². The molecule has 12 heavy (non-hydrogen) atoms. The quantitative estimate of drug-likeness (QED) is 0.487. The molecule has 0 N–H and O–H groups in total. The molecule has 0 aromatic heterocycles. The zero-order valence-corrected chi connectivity index (χ0v) is 8.22. The van der Waals surface area contributed by atoms with E-state index in [4.69, 9.17) is 16.3 Å². The molecule has 2 heteroatoms. The normalized spacial score (nSPS) is 20.4. The Bertz CT molecular complexity index is 128. The van der Waals surface area contributed by atoms with Crippen molar-refractivity contribution in [1.82, 2.24) is 0 Å². The first-order valence-electron chi connectivity index (χ1n) is 4.72. The standard InChI is InChI=1S/C10H17ClO/c11-7-3-1-2-4-10-5-8-12-9-6-10/h1-2,10H,3-9H2. The van der Waals surface area contributed by atoms with Gasteiger partial charge in [0.15, 0.2) is 0 Å². The smallest absolute Gasteiger partial charge is 0.0468 e. The van der Waals surface area contributed by atoms with Gasteiger partial charge in [-0.05, 0) is 31.6 Å². The second kappa shape index (κ2) is 6.50. The molecule has 1 aliphatic rings. The largest absolute Gasteiger partial charge is 0.381 e. The third kappa shape index (κ3) is 4.13. The van der Waals surface area contributed by atoms with Crippen LogP contribution in [-0.4, -0.2) is 19.1 Å². The van der Waals surface area contributed by atoms with Crippen LogP contribution in [-0.2, 0) is 4.74 Å². The van der Waals surface area contributed by atoms with Crippen LogP contribution >= 0.6 is 11.6 Å². The van der Waals surface area contributed by atoms with Crippen LogP contribution in [0.5, 0.6) is 0 Å². The second-order valence-corrected chi connectivity index (χ2v) is 3.62. The van der Waals surface area contributed by atoms with Crippen molar-refractivity contribution >= 4 is 11.6 Å². The van der Waals surface area contributed by atoms with E-state index < -0.39 is 0 Å². The molecule has 0 amide bonds. The maximum absolute atomic E-state index is 5.55. The highest BCUT2D eigenvalue weighted by Crippen LogP contribution is 2.18. The molecule has 0 unspecified atom stereocenters. The monoisotopic (exact) mass is 188 g/mol. The van der Waals surface area contributed by atoms with Gasteiger partial charge in [-0.3, -0.25) is 0 Å². The van der Waals surface area contributed by atoms with Gasteiger partial charge in [-0.2, -0.15) is 0 Å². The molecule has 0 bridgehead atoms. The summed E-state index contributed by atoms with van der Waals surface area (Å²) in [5.74, 6) is 1.59. The predicted molar refractivity (Wildman–Crippen MR) is 52.6 cm³/mol. The Morgan fingerprint density at radius 1 is 1.25 bits per heavy atom. The molecule has 0 aromatic rings. The van der Waals surface area contributed by atoms with Crippen molar-refractivity contribution in [2.24, 2.45) is 5.92 Å². The zero-order chi connectivity index (χ0) is 8.65. The van der Waals surface area contributed by atoms with E-state index in [0.717, 1.165) is 31.4 Å². The van der Waals surface area contributed by atoms with Crippen LogP contribution in [0.3, 0.4) is 0 Å². The molecular weight excluding hydrogens is 172 g/mol. The van der Waals surface area contributed by atoms with E-state index in [-0.39, 0.29) is 0 Å². The van der Waals surface area contributed by atoms with Crippen LogP contribution in [0.2, 0.25) is 0 Å². The molecule has 70 valence electrons. The number of allylic oxidation sites excluding steroid dienone is 2. The Labute approximate surface area is 79.7 Å². The molecule has 0 aliphatic carbocycles. The van der Waals surface area contributed by atoms with E-state index in [1.54, 1.807) is 0 Å². The summed E-state index contributed by atoms with van der Waals surface area (Å²) in [6, 6.07) is 0. The summed E-state index contributed by atoms with van der Waals surface area (Å²) < 4.78 is 5.28. The molecule has 1 saturated heterocycles. The van der Waals surface area contributed by atoms with Crippen LogP contribution in [0.15, 0.2) is 12.2 Å². The molecule has 1 nitrogen and oxygen atoms in total. The number of halogens is 1.